The summed E-state index contributed by atoms with van der Waals surface area (Å²) in [6, 6.07) is 9.09. The molecule has 1 fully saturated rings. The molecule has 0 saturated carbocycles. The van der Waals surface area contributed by atoms with Crippen molar-refractivity contribution in [1.82, 2.24) is 29.7 Å². The second kappa shape index (κ2) is 11.9. The number of benzene rings is 1. The summed E-state index contributed by atoms with van der Waals surface area (Å²) in [7, 11) is 3.24. The maximum absolute atomic E-state index is 12.6. The van der Waals surface area contributed by atoms with Crippen LogP contribution in [0.25, 0.3) is 11.6 Å². The lowest BCUT2D eigenvalue weighted by Gasteiger charge is -2.42. The lowest BCUT2D eigenvalue weighted by molar-refractivity contribution is -0.244. The molecule has 2 aliphatic rings. The van der Waals surface area contributed by atoms with Gasteiger partial charge < -0.3 is 24.5 Å². The topological polar surface area (TPSA) is 105 Å². The van der Waals surface area contributed by atoms with Crippen molar-refractivity contribution >= 4 is 29.3 Å². The molecule has 5 rings (SSSR count). The molecule has 2 N–H and O–H groups in total. The fourth-order valence-electron chi connectivity index (χ4n) is 5.54. The number of ether oxygens (including phenoxy) is 2. The minimum absolute atomic E-state index is 0.180. The number of hydrogen-bond acceptors (Lipinski definition) is 8. The number of aliphatic hydroxyl groups excluding tert-OH is 1. The zero-order chi connectivity index (χ0) is 29.3. The van der Waals surface area contributed by atoms with Crippen molar-refractivity contribution in [3.8, 4) is 0 Å². The van der Waals surface area contributed by atoms with Crippen LogP contribution in [0.2, 0.25) is 5.02 Å². The van der Waals surface area contributed by atoms with Crippen LogP contribution in [-0.2, 0) is 16.5 Å². The van der Waals surface area contributed by atoms with Crippen LogP contribution in [0.5, 0.6) is 0 Å². The second-order valence-corrected chi connectivity index (χ2v) is 11.8. The summed E-state index contributed by atoms with van der Waals surface area (Å²) >= 11 is 6.61. The summed E-state index contributed by atoms with van der Waals surface area (Å²) in [4.78, 5) is 26.1. The molecular formula is C30H37ClN6O4. The number of amides is 1. The van der Waals surface area contributed by atoms with E-state index in [1.54, 1.807) is 12.5 Å². The average molecular weight is 581 g/mol. The van der Waals surface area contributed by atoms with Gasteiger partial charge in [-0.3, -0.25) is 14.8 Å². The van der Waals surface area contributed by atoms with Gasteiger partial charge in [-0.05, 0) is 67.3 Å². The van der Waals surface area contributed by atoms with Crippen molar-refractivity contribution in [3.05, 3.63) is 82.2 Å². The Bertz CT molecular complexity index is 1430. The monoisotopic (exact) mass is 580 g/mol. The molecule has 3 atom stereocenters. The van der Waals surface area contributed by atoms with Crippen LogP contribution < -0.4 is 5.32 Å². The summed E-state index contributed by atoms with van der Waals surface area (Å²) in [5.41, 5.74) is 4.96. The van der Waals surface area contributed by atoms with Gasteiger partial charge in [0.1, 0.15) is 0 Å². The van der Waals surface area contributed by atoms with E-state index in [4.69, 9.17) is 26.1 Å². The highest BCUT2D eigenvalue weighted by atomic mass is 35.5. The number of halogens is 1. The van der Waals surface area contributed by atoms with Gasteiger partial charge >= 0.3 is 6.09 Å². The minimum Gasteiger partial charge on any atom is -0.453 e. The predicted molar refractivity (Wildman–Crippen MR) is 157 cm³/mol. The van der Waals surface area contributed by atoms with Gasteiger partial charge in [-0.15, -0.1) is 0 Å². The molecule has 0 spiro atoms. The molecule has 3 unspecified atom stereocenters. The van der Waals surface area contributed by atoms with E-state index in [9.17, 15) is 9.90 Å². The van der Waals surface area contributed by atoms with E-state index >= 15 is 0 Å². The number of fused-ring (bicyclic) bond motifs is 2. The molecule has 1 saturated heterocycles. The van der Waals surface area contributed by atoms with E-state index in [1.807, 2.05) is 73.8 Å². The lowest BCUT2D eigenvalue weighted by atomic mass is 9.90. The number of alkyl carbamates (subject to hydrolysis) is 1. The van der Waals surface area contributed by atoms with Crippen LogP contribution in [-0.4, -0.2) is 80.8 Å². The molecule has 0 bridgehead atoms. The van der Waals surface area contributed by atoms with Crippen LogP contribution in [0.15, 0.2) is 49.1 Å². The SMILES string of the molecule is COC(=O)NC(C1=Cc2cccnc2C(N2CCN(C(O)OC(C)(C)C)CC2)c2ccc(Cl)cc21)c1cncn1C. The summed E-state index contributed by atoms with van der Waals surface area (Å²) < 4.78 is 12.7. The van der Waals surface area contributed by atoms with Crippen LogP contribution >= 0.6 is 11.6 Å². The molecule has 1 aromatic carbocycles. The number of pyridine rings is 1. The average Bonchev–Trinajstić information content (AvgIpc) is 3.30. The summed E-state index contributed by atoms with van der Waals surface area (Å²) in [5, 5.41) is 14.3. The fourth-order valence-corrected chi connectivity index (χ4v) is 5.71. The van der Waals surface area contributed by atoms with E-state index in [2.05, 4.69) is 21.3 Å². The van der Waals surface area contributed by atoms with Crippen molar-refractivity contribution in [1.29, 1.82) is 0 Å². The number of aliphatic hydroxyl groups is 1. The van der Waals surface area contributed by atoms with Gasteiger partial charge in [0.15, 0.2) is 0 Å². The Hall–Kier alpha value is -3.28. The van der Waals surface area contributed by atoms with Crippen LogP contribution in [0.4, 0.5) is 4.79 Å². The lowest BCUT2D eigenvalue weighted by Crippen LogP contribution is -2.53. The first-order valence-electron chi connectivity index (χ1n) is 13.7. The zero-order valence-electron chi connectivity index (χ0n) is 24.0. The number of nitrogens with zero attached hydrogens (tertiary/aromatic N) is 5. The number of imidazole rings is 1. The molecule has 0 radical (unpaired) electrons. The quantitative estimate of drug-likeness (QED) is 0.418. The number of methoxy groups -OCH3 is 1. The van der Waals surface area contributed by atoms with Gasteiger partial charge in [0.2, 0.25) is 6.41 Å². The number of rotatable bonds is 6. The highest BCUT2D eigenvalue weighted by Gasteiger charge is 2.36. The van der Waals surface area contributed by atoms with Crippen molar-refractivity contribution < 1.29 is 19.4 Å². The Labute approximate surface area is 245 Å². The van der Waals surface area contributed by atoms with Gasteiger partial charge in [0.05, 0.1) is 48.7 Å². The molecule has 218 valence electrons. The van der Waals surface area contributed by atoms with E-state index in [-0.39, 0.29) is 6.04 Å². The smallest absolute Gasteiger partial charge is 0.407 e. The van der Waals surface area contributed by atoms with E-state index in [0.29, 0.717) is 31.2 Å². The Morgan fingerprint density at radius 2 is 1.95 bits per heavy atom. The van der Waals surface area contributed by atoms with E-state index < -0.39 is 24.2 Å². The normalized spacial score (nSPS) is 19.4. The molecule has 11 heteroatoms. The Morgan fingerprint density at radius 1 is 1.20 bits per heavy atom. The molecule has 10 nitrogen and oxygen atoms in total. The number of carbonyl (C=O) groups is 1. The number of carbonyl (C=O) groups excluding carboxylic acids is 1. The molecular weight excluding hydrogens is 544 g/mol. The van der Waals surface area contributed by atoms with Crippen molar-refractivity contribution in [2.24, 2.45) is 7.05 Å². The van der Waals surface area contributed by atoms with Gasteiger partial charge in [-0.25, -0.2) is 9.78 Å². The number of aryl methyl sites for hydroxylation is 1. The number of aromatic nitrogens is 3. The fraction of sp³-hybridized carbons (Fsp3) is 0.433. The summed E-state index contributed by atoms with van der Waals surface area (Å²) in [6.45, 7) is 8.42. The van der Waals surface area contributed by atoms with Crippen molar-refractivity contribution in [2.45, 2.75) is 44.9 Å². The Kier molecular flexibility index (Phi) is 8.49. The van der Waals surface area contributed by atoms with E-state index in [0.717, 1.165) is 33.7 Å². The molecule has 41 heavy (non-hydrogen) atoms. The third kappa shape index (κ3) is 6.32. The van der Waals surface area contributed by atoms with Crippen LogP contribution in [0.1, 0.15) is 60.9 Å². The second-order valence-electron chi connectivity index (χ2n) is 11.3. The number of nitrogens with one attached hydrogen (secondary N) is 1. The summed E-state index contributed by atoms with van der Waals surface area (Å²) in [6.07, 6.45) is 5.79. The van der Waals surface area contributed by atoms with Gasteiger partial charge in [-0.1, -0.05) is 23.7 Å². The van der Waals surface area contributed by atoms with Crippen LogP contribution in [0, 0.1) is 0 Å². The summed E-state index contributed by atoms with van der Waals surface area (Å²) in [5.74, 6) is 0. The molecule has 3 aromatic rings. The Morgan fingerprint density at radius 3 is 2.61 bits per heavy atom. The third-order valence-electron chi connectivity index (χ3n) is 7.46. The standard InChI is InChI=1S/C30H37ClN6O4/c1-30(2,3)41-29(39)37-13-11-36(12-14-37)27-21-9-8-20(31)16-22(21)23(15-19-7-6-10-33-25(19)27)26(34-28(38)40-5)24-17-32-18-35(24)4/h6-10,15-18,26-27,29,39H,11-14H2,1-5H3,(H,34,38). The molecule has 1 aliphatic heterocycles. The third-order valence-corrected chi connectivity index (χ3v) is 7.69. The highest BCUT2D eigenvalue weighted by Crippen LogP contribution is 2.44. The largest absolute Gasteiger partial charge is 0.453 e. The minimum atomic E-state index is -0.972. The zero-order valence-corrected chi connectivity index (χ0v) is 24.8. The molecule has 2 aromatic heterocycles. The predicted octanol–water partition coefficient (Wildman–Crippen LogP) is 4.22. The molecule has 1 aliphatic carbocycles. The van der Waals surface area contributed by atoms with Crippen LogP contribution in [0.3, 0.4) is 0 Å². The maximum atomic E-state index is 12.6. The van der Waals surface area contributed by atoms with Crippen molar-refractivity contribution in [3.63, 3.8) is 0 Å². The molecule has 3 heterocycles. The molecule has 1 amide bonds. The van der Waals surface area contributed by atoms with E-state index in [1.165, 1.54) is 7.11 Å². The maximum Gasteiger partial charge on any atom is 0.407 e. The van der Waals surface area contributed by atoms with Gasteiger partial charge in [0, 0.05) is 44.4 Å². The van der Waals surface area contributed by atoms with Gasteiger partial charge in [0.25, 0.3) is 0 Å². The number of hydrogen-bond donors (Lipinski definition) is 2. The number of piperazine rings is 1. The highest BCUT2D eigenvalue weighted by molar-refractivity contribution is 6.30. The Balaban J connectivity index is 1.58. The first-order valence-corrected chi connectivity index (χ1v) is 14.0. The van der Waals surface area contributed by atoms with Gasteiger partial charge in [-0.2, -0.15) is 0 Å². The first-order chi connectivity index (χ1) is 19.6. The first kappa shape index (κ1) is 29.2. The van der Waals surface area contributed by atoms with Crippen molar-refractivity contribution in [2.75, 3.05) is 33.3 Å².